The third kappa shape index (κ3) is 6.45. The van der Waals surface area contributed by atoms with Gasteiger partial charge in [-0.2, -0.15) is 0 Å². The Morgan fingerprint density at radius 3 is 2.51 bits per heavy atom. The van der Waals surface area contributed by atoms with E-state index >= 15 is 0 Å². The molecule has 5 rings (SSSR count). The van der Waals surface area contributed by atoms with Gasteiger partial charge in [-0.3, -0.25) is 9.78 Å². The zero-order chi connectivity index (χ0) is 29.3. The number of amides is 1. The van der Waals surface area contributed by atoms with E-state index in [2.05, 4.69) is 29.0 Å². The average Bonchev–Trinajstić information content (AvgIpc) is 2.93. The van der Waals surface area contributed by atoms with E-state index in [1.54, 1.807) is 18.3 Å². The molecule has 1 amide bonds. The Kier molecular flexibility index (Phi) is 7.90. The minimum absolute atomic E-state index is 0.0633. The van der Waals surface area contributed by atoms with E-state index in [1.807, 2.05) is 6.07 Å². The standard InChI is InChI=1S/C30H32FN5O4S/c1-18-9-19(2)17-36(16-18)29-12-22(31)11-26(35-29)24-7-5-21-14-32-23(13-25(21)34-24)15-33-30(37)20-6-8-27(40-3)28(10-20)41(4,38)39/h5-8,10-14,18-19H,9,15-17H2,1-4H3,(H,33,37)/t18-,19+. The minimum Gasteiger partial charge on any atom is -0.495 e. The molecule has 0 unspecified atom stereocenters. The van der Waals surface area contributed by atoms with Crippen LogP contribution in [0.3, 0.4) is 0 Å². The number of nitrogens with one attached hydrogen (secondary N) is 1. The van der Waals surface area contributed by atoms with Crippen LogP contribution in [0, 0.1) is 17.7 Å². The predicted molar refractivity (Wildman–Crippen MR) is 155 cm³/mol. The van der Waals surface area contributed by atoms with Crippen LogP contribution in [0.1, 0.15) is 36.3 Å². The summed E-state index contributed by atoms with van der Waals surface area (Å²) in [5.41, 5.74) is 2.33. The second kappa shape index (κ2) is 11.4. The Hall–Kier alpha value is -4.12. The first-order chi connectivity index (χ1) is 19.5. The number of carbonyl (C=O) groups is 1. The molecule has 1 aromatic carbocycles. The van der Waals surface area contributed by atoms with Crippen molar-refractivity contribution < 1.29 is 22.3 Å². The number of anilines is 1. The molecule has 1 N–H and O–H groups in total. The number of nitrogens with zero attached hydrogens (tertiary/aromatic N) is 4. The summed E-state index contributed by atoms with van der Waals surface area (Å²) in [5.74, 6) is 0.957. The van der Waals surface area contributed by atoms with Gasteiger partial charge in [-0.15, -0.1) is 0 Å². The highest BCUT2D eigenvalue weighted by Gasteiger charge is 2.24. The van der Waals surface area contributed by atoms with Crippen LogP contribution in [0.5, 0.6) is 5.75 Å². The summed E-state index contributed by atoms with van der Waals surface area (Å²) in [7, 11) is -2.23. The lowest BCUT2D eigenvalue weighted by atomic mass is 9.92. The summed E-state index contributed by atoms with van der Waals surface area (Å²) in [6.07, 6.45) is 3.86. The van der Waals surface area contributed by atoms with Crippen molar-refractivity contribution in [1.82, 2.24) is 20.3 Å². The van der Waals surface area contributed by atoms with Crippen molar-refractivity contribution >= 4 is 32.5 Å². The van der Waals surface area contributed by atoms with Gasteiger partial charge in [-0.25, -0.2) is 22.8 Å². The molecule has 214 valence electrons. The molecule has 1 aliphatic heterocycles. The van der Waals surface area contributed by atoms with Crippen LogP contribution in [0.4, 0.5) is 10.2 Å². The van der Waals surface area contributed by atoms with Crippen molar-refractivity contribution in [3.8, 4) is 17.1 Å². The first-order valence-electron chi connectivity index (χ1n) is 13.3. The molecule has 0 saturated carbocycles. The first-order valence-corrected chi connectivity index (χ1v) is 15.2. The molecular weight excluding hydrogens is 545 g/mol. The predicted octanol–water partition coefficient (Wildman–Crippen LogP) is 4.66. The molecule has 41 heavy (non-hydrogen) atoms. The number of benzene rings is 1. The number of halogens is 1. The number of fused-ring (bicyclic) bond motifs is 1. The molecule has 1 aliphatic rings. The van der Waals surface area contributed by atoms with Crippen molar-refractivity contribution in [2.24, 2.45) is 11.8 Å². The molecule has 0 bridgehead atoms. The fourth-order valence-electron chi connectivity index (χ4n) is 5.30. The first kappa shape index (κ1) is 28.4. The highest BCUT2D eigenvalue weighted by molar-refractivity contribution is 7.90. The van der Waals surface area contributed by atoms with Gasteiger partial charge in [-0.1, -0.05) is 13.8 Å². The lowest BCUT2D eigenvalue weighted by Crippen LogP contribution is -2.39. The Labute approximate surface area is 238 Å². The maximum atomic E-state index is 14.7. The largest absolute Gasteiger partial charge is 0.495 e. The molecule has 4 aromatic rings. The number of methoxy groups -OCH3 is 1. The summed E-state index contributed by atoms with van der Waals surface area (Å²) in [6.45, 7) is 6.16. The van der Waals surface area contributed by atoms with Gasteiger partial charge in [0.05, 0.1) is 36.3 Å². The summed E-state index contributed by atoms with van der Waals surface area (Å²) < 4.78 is 44.0. The molecule has 9 nitrogen and oxygen atoms in total. The molecule has 1 fully saturated rings. The maximum Gasteiger partial charge on any atom is 0.251 e. The summed E-state index contributed by atoms with van der Waals surface area (Å²) >= 11 is 0. The normalized spacial score (nSPS) is 17.4. The number of carbonyl (C=O) groups excluding carboxylic acids is 1. The second-order valence-corrected chi connectivity index (χ2v) is 12.7. The van der Waals surface area contributed by atoms with Gasteiger partial charge in [0.15, 0.2) is 9.84 Å². The number of hydrogen-bond donors (Lipinski definition) is 1. The summed E-state index contributed by atoms with van der Waals surface area (Å²) in [6, 6.07) is 12.5. The Morgan fingerprint density at radius 2 is 1.80 bits per heavy atom. The van der Waals surface area contributed by atoms with Crippen LogP contribution in [0.25, 0.3) is 22.3 Å². The number of aromatic nitrogens is 3. The van der Waals surface area contributed by atoms with Gasteiger partial charge in [0, 0.05) is 48.6 Å². The Bertz CT molecular complexity index is 1720. The minimum atomic E-state index is -3.59. The maximum absolute atomic E-state index is 14.7. The second-order valence-electron chi connectivity index (χ2n) is 10.8. The van der Waals surface area contributed by atoms with Crippen LogP contribution >= 0.6 is 0 Å². The lowest BCUT2D eigenvalue weighted by molar-refractivity contribution is 0.0950. The van der Waals surface area contributed by atoms with E-state index in [9.17, 15) is 17.6 Å². The third-order valence-corrected chi connectivity index (χ3v) is 8.24. The van der Waals surface area contributed by atoms with Crippen molar-refractivity contribution in [2.75, 3.05) is 31.4 Å². The average molecular weight is 578 g/mol. The Morgan fingerprint density at radius 1 is 1.05 bits per heavy atom. The summed E-state index contributed by atoms with van der Waals surface area (Å²) in [5, 5.41) is 3.55. The van der Waals surface area contributed by atoms with Crippen molar-refractivity contribution in [1.29, 1.82) is 0 Å². The number of ether oxygens (including phenoxy) is 1. The smallest absolute Gasteiger partial charge is 0.251 e. The van der Waals surface area contributed by atoms with E-state index in [4.69, 9.17) is 14.7 Å². The van der Waals surface area contributed by atoms with Crippen molar-refractivity contribution in [2.45, 2.75) is 31.7 Å². The van der Waals surface area contributed by atoms with Crippen LogP contribution < -0.4 is 15.0 Å². The fraction of sp³-hybridized carbons (Fsp3) is 0.333. The molecule has 2 atom stereocenters. The molecule has 4 heterocycles. The lowest BCUT2D eigenvalue weighted by Gasteiger charge is -2.36. The molecule has 11 heteroatoms. The number of piperidine rings is 1. The van der Waals surface area contributed by atoms with Crippen LogP contribution in [0.2, 0.25) is 0 Å². The van der Waals surface area contributed by atoms with Crippen LogP contribution in [0.15, 0.2) is 59.6 Å². The molecule has 0 radical (unpaired) electrons. The Balaban J connectivity index is 1.36. The van der Waals surface area contributed by atoms with Crippen molar-refractivity contribution in [3.05, 3.63) is 71.8 Å². The number of sulfone groups is 1. The SMILES string of the molecule is COc1ccc(C(=O)NCc2cc3nc(-c4cc(F)cc(N5C[C@H](C)C[C@H](C)C5)n4)ccc3cn2)cc1S(C)(=O)=O. The summed E-state index contributed by atoms with van der Waals surface area (Å²) in [4.78, 5) is 28.8. The zero-order valence-corrected chi connectivity index (χ0v) is 24.2. The molecule has 3 aromatic heterocycles. The highest BCUT2D eigenvalue weighted by Crippen LogP contribution is 2.29. The monoisotopic (exact) mass is 577 g/mol. The van der Waals surface area contributed by atoms with Gasteiger partial charge in [0.1, 0.15) is 22.3 Å². The van der Waals surface area contributed by atoms with E-state index in [0.29, 0.717) is 40.3 Å². The molecular formula is C30H32FN5O4S. The van der Waals surface area contributed by atoms with E-state index in [0.717, 1.165) is 31.2 Å². The topological polar surface area (TPSA) is 114 Å². The number of pyridine rings is 3. The van der Waals surface area contributed by atoms with E-state index < -0.39 is 15.7 Å². The van der Waals surface area contributed by atoms with E-state index in [1.165, 1.54) is 37.4 Å². The number of rotatable bonds is 7. The van der Waals surface area contributed by atoms with Gasteiger partial charge in [0.2, 0.25) is 0 Å². The quantitative estimate of drug-likeness (QED) is 0.338. The number of hydrogen-bond acceptors (Lipinski definition) is 8. The molecule has 0 aliphatic carbocycles. The third-order valence-electron chi connectivity index (χ3n) is 7.12. The van der Waals surface area contributed by atoms with Gasteiger partial charge in [0.25, 0.3) is 5.91 Å². The van der Waals surface area contributed by atoms with Crippen LogP contribution in [-0.2, 0) is 16.4 Å². The van der Waals surface area contributed by atoms with Crippen molar-refractivity contribution in [3.63, 3.8) is 0 Å². The fourth-order valence-corrected chi connectivity index (χ4v) is 6.16. The van der Waals surface area contributed by atoms with Gasteiger partial charge < -0.3 is 15.0 Å². The molecule has 0 spiro atoms. The van der Waals surface area contributed by atoms with Gasteiger partial charge in [-0.05, 0) is 54.7 Å². The van der Waals surface area contributed by atoms with Crippen LogP contribution in [-0.4, -0.2) is 55.7 Å². The molecule has 1 saturated heterocycles. The van der Waals surface area contributed by atoms with E-state index in [-0.39, 0.29) is 28.6 Å². The highest BCUT2D eigenvalue weighted by atomic mass is 32.2. The van der Waals surface area contributed by atoms with Gasteiger partial charge >= 0.3 is 0 Å². The zero-order valence-electron chi connectivity index (χ0n) is 23.4.